The molecule has 2 rings (SSSR count). The molecule has 0 bridgehead atoms. The number of nitrogen functional groups attached to an aromatic ring is 1. The van der Waals surface area contributed by atoms with E-state index in [9.17, 15) is 0 Å². The van der Waals surface area contributed by atoms with Gasteiger partial charge in [0.2, 0.25) is 11.9 Å². The summed E-state index contributed by atoms with van der Waals surface area (Å²) in [4.78, 5) is 8.25. The van der Waals surface area contributed by atoms with Gasteiger partial charge in [-0.25, -0.2) is 4.98 Å². The molecular weight excluding hydrogens is 272 g/mol. The largest absolute Gasteiger partial charge is 0.368 e. The Hall–Kier alpha value is -1.63. The fraction of sp³-hybridized carbons (Fsp3) is 0.222. The molecule has 0 saturated carbocycles. The zero-order valence-corrected chi connectivity index (χ0v) is 10.3. The van der Waals surface area contributed by atoms with Crippen molar-refractivity contribution < 1.29 is 0 Å². The van der Waals surface area contributed by atoms with Gasteiger partial charge < -0.3 is 11.1 Å². The molecule has 0 radical (unpaired) electrons. The third kappa shape index (κ3) is 2.13. The molecule has 6 nitrogen and oxygen atoms in total. The molecule has 0 spiro atoms. The first-order valence-corrected chi connectivity index (χ1v) is 5.58. The Morgan fingerprint density at radius 2 is 2.31 bits per heavy atom. The number of pyridine rings is 1. The van der Waals surface area contributed by atoms with Crippen molar-refractivity contribution in [2.75, 3.05) is 17.6 Å². The van der Waals surface area contributed by atoms with Crippen molar-refractivity contribution in [3.8, 4) is 5.82 Å². The molecule has 0 aliphatic rings. The fourth-order valence-corrected chi connectivity index (χ4v) is 1.45. The van der Waals surface area contributed by atoms with Crippen molar-refractivity contribution >= 4 is 27.8 Å². The fourth-order valence-electron chi connectivity index (χ4n) is 1.22. The quantitative estimate of drug-likeness (QED) is 0.890. The average molecular weight is 283 g/mol. The second kappa shape index (κ2) is 4.48. The zero-order valence-electron chi connectivity index (χ0n) is 8.68. The maximum Gasteiger partial charge on any atom is 0.244 e. The van der Waals surface area contributed by atoms with Gasteiger partial charge in [-0.1, -0.05) is 0 Å². The second-order valence-corrected chi connectivity index (χ2v) is 3.99. The number of nitrogens with zero attached hydrogens (tertiary/aromatic N) is 4. The summed E-state index contributed by atoms with van der Waals surface area (Å²) in [5.41, 5.74) is 5.74. The van der Waals surface area contributed by atoms with Crippen LogP contribution in [0, 0.1) is 0 Å². The predicted octanol–water partition coefficient (Wildman–Crippen LogP) is 1.44. The molecule has 0 aliphatic heterocycles. The number of hydrogen-bond donors (Lipinski definition) is 2. The summed E-state index contributed by atoms with van der Waals surface area (Å²) < 4.78 is 2.39. The van der Waals surface area contributed by atoms with Gasteiger partial charge in [-0.05, 0) is 35.0 Å². The molecule has 2 aromatic rings. The summed E-state index contributed by atoms with van der Waals surface area (Å²) in [6, 6.07) is 3.68. The van der Waals surface area contributed by atoms with Crippen molar-refractivity contribution in [1.29, 1.82) is 0 Å². The molecule has 0 atom stereocenters. The van der Waals surface area contributed by atoms with Crippen LogP contribution in [0.5, 0.6) is 0 Å². The first-order valence-electron chi connectivity index (χ1n) is 4.79. The maximum absolute atomic E-state index is 5.74. The van der Waals surface area contributed by atoms with Gasteiger partial charge in [0, 0.05) is 17.2 Å². The molecule has 84 valence electrons. The molecular formula is C9H11BrN6. The van der Waals surface area contributed by atoms with E-state index in [1.54, 1.807) is 6.20 Å². The van der Waals surface area contributed by atoms with E-state index in [0.29, 0.717) is 17.7 Å². The number of anilines is 2. The van der Waals surface area contributed by atoms with Gasteiger partial charge in [0.25, 0.3) is 0 Å². The van der Waals surface area contributed by atoms with Gasteiger partial charge in [0.15, 0.2) is 5.82 Å². The van der Waals surface area contributed by atoms with E-state index in [1.807, 2.05) is 19.1 Å². The van der Waals surface area contributed by atoms with Gasteiger partial charge in [-0.2, -0.15) is 9.67 Å². The van der Waals surface area contributed by atoms with Crippen LogP contribution in [0.25, 0.3) is 5.82 Å². The number of rotatable bonds is 3. The third-order valence-corrected chi connectivity index (χ3v) is 2.36. The number of hydrogen-bond acceptors (Lipinski definition) is 5. The molecule has 2 heterocycles. The monoisotopic (exact) mass is 282 g/mol. The average Bonchev–Trinajstić information content (AvgIpc) is 2.61. The lowest BCUT2D eigenvalue weighted by Gasteiger charge is -2.00. The van der Waals surface area contributed by atoms with E-state index in [4.69, 9.17) is 5.73 Å². The van der Waals surface area contributed by atoms with E-state index < -0.39 is 0 Å². The highest BCUT2D eigenvalue weighted by Gasteiger charge is 2.08. The molecule has 2 aromatic heterocycles. The molecule has 0 aromatic carbocycles. The van der Waals surface area contributed by atoms with Crippen LogP contribution in [0.2, 0.25) is 0 Å². The Morgan fingerprint density at radius 3 is 2.94 bits per heavy atom. The van der Waals surface area contributed by atoms with Crippen molar-refractivity contribution in [2.24, 2.45) is 0 Å². The Kier molecular flexibility index (Phi) is 3.04. The van der Waals surface area contributed by atoms with Gasteiger partial charge >= 0.3 is 0 Å². The summed E-state index contributed by atoms with van der Waals surface area (Å²) >= 11 is 3.32. The summed E-state index contributed by atoms with van der Waals surface area (Å²) in [6.45, 7) is 2.71. The van der Waals surface area contributed by atoms with Crippen LogP contribution < -0.4 is 11.1 Å². The molecule has 0 unspecified atom stereocenters. The van der Waals surface area contributed by atoms with Gasteiger partial charge in [0.05, 0.1) is 0 Å². The SMILES string of the molecule is CCNc1nc(N)n(-c2ccc(Br)cn2)n1. The minimum absolute atomic E-state index is 0.311. The molecule has 3 N–H and O–H groups in total. The van der Waals surface area contributed by atoms with Crippen LogP contribution in [0.3, 0.4) is 0 Å². The molecule has 0 saturated heterocycles. The summed E-state index contributed by atoms with van der Waals surface area (Å²) in [5.74, 6) is 1.45. The third-order valence-electron chi connectivity index (χ3n) is 1.90. The lowest BCUT2D eigenvalue weighted by Crippen LogP contribution is -2.04. The number of aromatic nitrogens is 4. The van der Waals surface area contributed by atoms with Gasteiger partial charge in [0.1, 0.15) is 0 Å². The topological polar surface area (TPSA) is 81.6 Å². The zero-order chi connectivity index (χ0) is 11.5. The summed E-state index contributed by atoms with van der Waals surface area (Å²) in [6.07, 6.45) is 1.68. The Balaban J connectivity index is 2.36. The van der Waals surface area contributed by atoms with Gasteiger partial charge in [-0.3, -0.25) is 0 Å². The minimum Gasteiger partial charge on any atom is -0.368 e. The minimum atomic E-state index is 0.311. The summed E-state index contributed by atoms with van der Waals surface area (Å²) in [5, 5.41) is 7.18. The highest BCUT2D eigenvalue weighted by atomic mass is 79.9. The van der Waals surface area contributed by atoms with E-state index >= 15 is 0 Å². The Morgan fingerprint density at radius 1 is 1.50 bits per heavy atom. The van der Waals surface area contributed by atoms with Crippen molar-refractivity contribution in [2.45, 2.75) is 6.92 Å². The number of halogens is 1. The molecule has 0 fully saturated rings. The maximum atomic E-state index is 5.74. The van der Waals surface area contributed by atoms with Crippen LogP contribution in [0.4, 0.5) is 11.9 Å². The predicted molar refractivity (Wildman–Crippen MR) is 65.4 cm³/mol. The Labute approximate surface area is 101 Å². The lowest BCUT2D eigenvalue weighted by atomic mass is 10.5. The van der Waals surface area contributed by atoms with Crippen LogP contribution in [-0.2, 0) is 0 Å². The van der Waals surface area contributed by atoms with E-state index in [1.165, 1.54) is 4.68 Å². The van der Waals surface area contributed by atoms with E-state index in [-0.39, 0.29) is 0 Å². The van der Waals surface area contributed by atoms with Crippen LogP contribution in [-0.4, -0.2) is 26.3 Å². The highest BCUT2D eigenvalue weighted by molar-refractivity contribution is 9.10. The van der Waals surface area contributed by atoms with Crippen LogP contribution >= 0.6 is 15.9 Å². The first kappa shape index (κ1) is 10.9. The molecule has 7 heteroatoms. The number of nitrogens with one attached hydrogen (secondary N) is 1. The van der Waals surface area contributed by atoms with Gasteiger partial charge in [-0.15, -0.1) is 5.10 Å². The Bertz CT molecular complexity index is 477. The summed E-state index contributed by atoms with van der Waals surface area (Å²) in [7, 11) is 0. The van der Waals surface area contributed by atoms with Crippen molar-refractivity contribution in [3.63, 3.8) is 0 Å². The van der Waals surface area contributed by atoms with Crippen molar-refractivity contribution in [1.82, 2.24) is 19.7 Å². The number of nitrogens with two attached hydrogens (primary N) is 1. The van der Waals surface area contributed by atoms with E-state index in [0.717, 1.165) is 11.0 Å². The van der Waals surface area contributed by atoms with Crippen LogP contribution in [0.15, 0.2) is 22.8 Å². The smallest absolute Gasteiger partial charge is 0.244 e. The normalized spacial score (nSPS) is 10.4. The van der Waals surface area contributed by atoms with E-state index in [2.05, 4.69) is 36.3 Å². The van der Waals surface area contributed by atoms with Crippen molar-refractivity contribution in [3.05, 3.63) is 22.8 Å². The highest BCUT2D eigenvalue weighted by Crippen LogP contribution is 2.14. The standard InChI is InChI=1S/C9H11BrN6/c1-2-12-9-14-8(11)16(15-9)7-4-3-6(10)5-13-7/h3-5H,2H2,1H3,(H3,11,12,14,15). The first-order chi connectivity index (χ1) is 7.70. The lowest BCUT2D eigenvalue weighted by molar-refractivity contribution is 0.855. The molecule has 16 heavy (non-hydrogen) atoms. The molecule has 0 aliphatic carbocycles. The second-order valence-electron chi connectivity index (χ2n) is 3.07. The van der Waals surface area contributed by atoms with Crippen LogP contribution in [0.1, 0.15) is 6.92 Å². The molecule has 0 amide bonds.